The summed E-state index contributed by atoms with van der Waals surface area (Å²) in [6, 6.07) is 7.57. The largest absolute Gasteiger partial charge is 0.383 e. The van der Waals surface area contributed by atoms with Crippen molar-refractivity contribution >= 4 is 23.3 Å². The summed E-state index contributed by atoms with van der Waals surface area (Å²) in [4.78, 5) is 4.10. The van der Waals surface area contributed by atoms with Crippen LogP contribution in [0.3, 0.4) is 0 Å². The van der Waals surface area contributed by atoms with Gasteiger partial charge in [0.2, 0.25) is 0 Å². The minimum Gasteiger partial charge on any atom is -0.383 e. The minimum absolute atomic E-state index is 0.0367. The fourth-order valence-electron chi connectivity index (χ4n) is 2.37. The summed E-state index contributed by atoms with van der Waals surface area (Å²) in [6.07, 6.45) is 6.73. The molecule has 0 spiro atoms. The van der Waals surface area contributed by atoms with Crippen LogP contribution in [-0.4, -0.2) is 21.9 Å². The second-order valence-electron chi connectivity index (χ2n) is 6.17. The van der Waals surface area contributed by atoms with Gasteiger partial charge < -0.3 is 11.6 Å². The zero-order valence-corrected chi connectivity index (χ0v) is 19.9. The number of hydrazone groups is 1. The van der Waals surface area contributed by atoms with E-state index < -0.39 is 11.9 Å². The monoisotopic (exact) mass is 466 g/mol. The van der Waals surface area contributed by atoms with Crippen molar-refractivity contribution in [2.75, 3.05) is 5.73 Å². The van der Waals surface area contributed by atoms with E-state index >= 15 is 0 Å². The maximum absolute atomic E-state index is 13.5. The van der Waals surface area contributed by atoms with Crippen molar-refractivity contribution in [2.24, 2.45) is 16.8 Å². The normalized spacial score (nSPS) is 12.4. The van der Waals surface area contributed by atoms with Crippen molar-refractivity contribution in [3.05, 3.63) is 71.4 Å². The van der Waals surface area contributed by atoms with Crippen LogP contribution in [0.1, 0.15) is 46.6 Å². The molecule has 0 aliphatic heterocycles. The Hall–Kier alpha value is -2.97. The molecule has 0 aliphatic rings. The van der Waals surface area contributed by atoms with Gasteiger partial charge >= 0.3 is 0 Å². The van der Waals surface area contributed by atoms with Gasteiger partial charge in [-0.2, -0.15) is 5.10 Å². The molecule has 0 bridgehead atoms. The first kappa shape index (κ1) is 29.0. The minimum atomic E-state index is -1.13. The molecule has 1 atom stereocenters. The van der Waals surface area contributed by atoms with E-state index in [-0.39, 0.29) is 23.5 Å². The molecule has 0 radical (unpaired) electrons. The second-order valence-corrected chi connectivity index (χ2v) is 6.61. The van der Waals surface area contributed by atoms with E-state index in [0.717, 1.165) is 17.0 Å². The summed E-state index contributed by atoms with van der Waals surface area (Å²) in [7, 11) is 0. The summed E-state index contributed by atoms with van der Waals surface area (Å²) in [5.74, 6) is 10.2. The van der Waals surface area contributed by atoms with E-state index in [1.54, 1.807) is 36.5 Å². The number of pyridine rings is 1. The number of benzene rings is 1. The van der Waals surface area contributed by atoms with Gasteiger partial charge in [0.1, 0.15) is 12.1 Å². The molecule has 6 N–H and O–H groups in total. The van der Waals surface area contributed by atoms with Crippen molar-refractivity contribution in [3.8, 4) is 11.1 Å². The molecular formula is C23H33ClF2N6. The fourth-order valence-corrected chi connectivity index (χ4v) is 2.50. The average Bonchev–Trinajstić information content (AvgIpc) is 2.82. The summed E-state index contributed by atoms with van der Waals surface area (Å²) >= 11 is 5.88. The molecule has 6 nitrogen and oxygen atoms in total. The van der Waals surface area contributed by atoms with Crippen LogP contribution in [0.15, 0.2) is 65.9 Å². The first-order valence-electron chi connectivity index (χ1n) is 10.2. The molecule has 1 aromatic heterocycles. The number of aromatic nitrogens is 1. The number of nitrogens with two attached hydrogens (primary N) is 3. The molecule has 0 fully saturated rings. The number of hydrogen-bond donors (Lipinski definition) is 3. The predicted molar refractivity (Wildman–Crippen MR) is 132 cm³/mol. The number of nitrogens with zero attached hydrogens (tertiary/aromatic N) is 3. The number of hydrogen-bond acceptors (Lipinski definition) is 5. The molecule has 0 amide bonds. The van der Waals surface area contributed by atoms with Crippen molar-refractivity contribution in [3.63, 3.8) is 0 Å². The van der Waals surface area contributed by atoms with Crippen LogP contribution in [0.25, 0.3) is 11.1 Å². The third-order valence-corrected chi connectivity index (χ3v) is 4.35. The molecule has 32 heavy (non-hydrogen) atoms. The van der Waals surface area contributed by atoms with Gasteiger partial charge in [-0.15, -0.1) is 0 Å². The van der Waals surface area contributed by atoms with Gasteiger partial charge in [0.25, 0.3) is 0 Å². The third kappa shape index (κ3) is 8.64. The first-order valence-corrected chi connectivity index (χ1v) is 10.6. The number of nitrogen functional groups attached to an aromatic ring is 1. The summed E-state index contributed by atoms with van der Waals surface area (Å²) in [5.41, 5.74) is 7.69. The zero-order valence-electron chi connectivity index (χ0n) is 19.2. The number of allylic oxidation sites excluding steroid dienone is 2. The highest BCUT2D eigenvalue weighted by Gasteiger charge is 2.23. The van der Waals surface area contributed by atoms with Crippen LogP contribution in [0.2, 0.25) is 5.02 Å². The molecule has 1 aromatic carbocycles. The van der Waals surface area contributed by atoms with E-state index in [9.17, 15) is 8.78 Å². The SMILES string of the molecule is C/C=C\CC.CC.CC(/C(F)=C/F)N(N)/C(=N\N)c1cc(-c2ccc(Cl)cc2)cnc1N. The van der Waals surface area contributed by atoms with E-state index in [4.69, 9.17) is 29.0 Å². The maximum atomic E-state index is 13.5. The lowest BCUT2D eigenvalue weighted by atomic mass is 10.0. The van der Waals surface area contributed by atoms with Crippen molar-refractivity contribution in [1.29, 1.82) is 0 Å². The number of amidine groups is 1. The zero-order chi connectivity index (χ0) is 24.7. The van der Waals surface area contributed by atoms with Gasteiger partial charge in [-0.25, -0.2) is 19.6 Å². The standard InChI is InChI=1S/C16H17ClF2N6.C5H10.C2H6/c1-9(14(19)7-18)25(22)16(24-21)13-6-11(8-23-15(13)20)10-2-4-12(17)5-3-10;1-3-5-4-2;1-2/h2-9H,21-22H2,1H3,(H2,20,23);3,5H,4H2,1-2H3;1-2H3/b14-7-,24-16-;5-3-;. The quantitative estimate of drug-likeness (QED) is 0.166. The van der Waals surface area contributed by atoms with Crippen LogP contribution >= 0.6 is 11.6 Å². The van der Waals surface area contributed by atoms with Gasteiger partial charge in [-0.1, -0.05) is 56.7 Å². The summed E-state index contributed by atoms with van der Waals surface area (Å²) < 4.78 is 25.9. The van der Waals surface area contributed by atoms with Crippen molar-refractivity contribution < 1.29 is 8.78 Å². The lowest BCUT2D eigenvalue weighted by Crippen LogP contribution is -2.45. The van der Waals surface area contributed by atoms with E-state index in [2.05, 4.69) is 29.2 Å². The van der Waals surface area contributed by atoms with Crippen molar-refractivity contribution in [1.82, 2.24) is 9.99 Å². The Morgan fingerprint density at radius 3 is 2.28 bits per heavy atom. The average molecular weight is 467 g/mol. The van der Waals surface area contributed by atoms with Crippen molar-refractivity contribution in [2.45, 2.75) is 47.1 Å². The number of hydrazine groups is 1. The predicted octanol–water partition coefficient (Wildman–Crippen LogP) is 5.95. The van der Waals surface area contributed by atoms with E-state index in [0.29, 0.717) is 10.6 Å². The Morgan fingerprint density at radius 1 is 1.25 bits per heavy atom. The van der Waals surface area contributed by atoms with E-state index in [1.165, 1.54) is 6.92 Å². The Morgan fingerprint density at radius 2 is 1.84 bits per heavy atom. The van der Waals surface area contributed by atoms with Crippen LogP contribution in [0, 0.1) is 0 Å². The summed E-state index contributed by atoms with van der Waals surface area (Å²) in [5, 5.41) is 5.04. The Bertz CT molecular complexity index is 898. The number of rotatable bonds is 5. The van der Waals surface area contributed by atoms with Crippen LogP contribution in [-0.2, 0) is 0 Å². The molecule has 0 aliphatic carbocycles. The second kappa shape index (κ2) is 15.8. The molecule has 2 rings (SSSR count). The molecule has 2 aromatic rings. The lowest BCUT2D eigenvalue weighted by molar-refractivity contribution is 0.327. The van der Waals surface area contributed by atoms with Gasteiger partial charge in [0.15, 0.2) is 11.7 Å². The van der Waals surface area contributed by atoms with Gasteiger partial charge in [0.05, 0.1) is 11.6 Å². The lowest BCUT2D eigenvalue weighted by Gasteiger charge is -2.26. The molecule has 176 valence electrons. The molecule has 9 heteroatoms. The molecule has 0 saturated carbocycles. The number of anilines is 1. The summed E-state index contributed by atoms with van der Waals surface area (Å²) in [6.45, 7) is 9.51. The van der Waals surface area contributed by atoms with Crippen LogP contribution in [0.4, 0.5) is 14.6 Å². The topological polar surface area (TPSA) is 107 Å². The highest BCUT2D eigenvalue weighted by atomic mass is 35.5. The van der Waals surface area contributed by atoms with Crippen LogP contribution in [0.5, 0.6) is 0 Å². The molecule has 1 unspecified atom stereocenters. The highest BCUT2D eigenvalue weighted by Crippen LogP contribution is 2.25. The molecular weight excluding hydrogens is 434 g/mol. The van der Waals surface area contributed by atoms with Gasteiger partial charge in [0, 0.05) is 16.8 Å². The first-order chi connectivity index (χ1) is 15.3. The third-order valence-electron chi connectivity index (χ3n) is 4.10. The Labute approximate surface area is 194 Å². The molecule has 1 heterocycles. The maximum Gasteiger partial charge on any atom is 0.173 e. The van der Waals surface area contributed by atoms with Gasteiger partial charge in [-0.3, -0.25) is 5.01 Å². The Kier molecular flexibility index (Phi) is 14.3. The van der Waals surface area contributed by atoms with E-state index in [1.807, 2.05) is 20.8 Å². The Balaban J connectivity index is 0.00000121. The smallest absolute Gasteiger partial charge is 0.173 e. The fraction of sp³-hybridized carbons (Fsp3) is 0.304. The van der Waals surface area contributed by atoms with Crippen LogP contribution < -0.4 is 17.4 Å². The van der Waals surface area contributed by atoms with Gasteiger partial charge in [-0.05, 0) is 44.0 Å². The highest BCUT2D eigenvalue weighted by molar-refractivity contribution is 6.30. The molecule has 0 saturated heterocycles. The number of halogens is 3.